The van der Waals surface area contributed by atoms with Crippen molar-refractivity contribution in [1.29, 1.82) is 0 Å². The molecule has 0 amide bonds. The van der Waals surface area contributed by atoms with Gasteiger partial charge >= 0.3 is 0 Å². The average molecular weight is 338 g/mol. The number of aromatic amines is 1. The number of hydrogen-bond acceptors (Lipinski definition) is 3. The van der Waals surface area contributed by atoms with Crippen LogP contribution in [0, 0.1) is 16.4 Å². The normalized spacial score (nSPS) is 26.0. The number of imidazole rings is 1. The summed E-state index contributed by atoms with van der Waals surface area (Å²) in [5, 5.41) is 10.1. The van der Waals surface area contributed by atoms with Crippen LogP contribution in [0.2, 0.25) is 0 Å². The molecule has 122 valence electrons. The van der Waals surface area contributed by atoms with Gasteiger partial charge < -0.3 is 19.4 Å². The highest BCUT2D eigenvalue weighted by Crippen LogP contribution is 2.66. The quantitative estimate of drug-likeness (QED) is 0.664. The Balaban J connectivity index is 1.76. The Morgan fingerprint density at radius 1 is 1.43 bits per heavy atom. The summed E-state index contributed by atoms with van der Waals surface area (Å²) in [5.41, 5.74) is 1.76. The molecule has 1 fully saturated rings. The van der Waals surface area contributed by atoms with E-state index in [1.807, 2.05) is 4.57 Å². The lowest BCUT2D eigenvalue weighted by Crippen LogP contribution is -2.13. The predicted molar refractivity (Wildman–Crippen MR) is 81.6 cm³/mol. The monoisotopic (exact) mass is 338 g/mol. The minimum atomic E-state index is -1.07. The van der Waals surface area contributed by atoms with E-state index in [9.17, 15) is 13.9 Å². The van der Waals surface area contributed by atoms with Crippen LogP contribution >= 0.6 is 12.2 Å². The van der Waals surface area contributed by atoms with E-state index < -0.39 is 17.9 Å². The van der Waals surface area contributed by atoms with E-state index in [0.717, 1.165) is 18.2 Å². The number of nitrogens with zero attached hydrogens (tertiary/aromatic N) is 1. The maximum absolute atomic E-state index is 13.6. The zero-order valence-electron chi connectivity index (χ0n) is 12.5. The Morgan fingerprint density at radius 2 is 2.13 bits per heavy atom. The third-order valence-electron chi connectivity index (χ3n) is 4.91. The van der Waals surface area contributed by atoms with Gasteiger partial charge in [-0.15, -0.1) is 0 Å². The Labute approximate surface area is 136 Å². The van der Waals surface area contributed by atoms with Crippen LogP contribution in [-0.2, 0) is 16.7 Å². The van der Waals surface area contributed by atoms with Crippen LogP contribution in [0.1, 0.15) is 42.5 Å². The van der Waals surface area contributed by atoms with Crippen molar-refractivity contribution in [2.24, 2.45) is 0 Å². The van der Waals surface area contributed by atoms with E-state index in [-0.39, 0.29) is 11.3 Å². The number of benzene rings is 1. The van der Waals surface area contributed by atoms with E-state index in [2.05, 4.69) is 4.98 Å². The number of aromatic nitrogens is 2. The summed E-state index contributed by atoms with van der Waals surface area (Å²) >= 11 is 5.32. The first kappa shape index (κ1) is 15.0. The number of ether oxygens (including phenoxy) is 1. The lowest BCUT2D eigenvalue weighted by Gasteiger charge is -2.13. The average Bonchev–Trinajstić information content (AvgIpc) is 2.97. The second-order valence-corrected chi connectivity index (χ2v) is 6.58. The summed E-state index contributed by atoms with van der Waals surface area (Å²) in [6, 6.07) is 3.66. The molecule has 7 heteroatoms. The van der Waals surface area contributed by atoms with Gasteiger partial charge in [0.1, 0.15) is 11.6 Å². The summed E-state index contributed by atoms with van der Waals surface area (Å²) in [5.74, 6) is -1.06. The summed E-state index contributed by atoms with van der Waals surface area (Å²) in [4.78, 5) is 3.00. The number of H-pyrrole nitrogens is 1. The molecule has 1 saturated carbocycles. The standard InChI is InChI=1S/C16H16F2N2O2S/c1-2-22-14(21)12-13-11-6-16(11,7-20(13)15(23)19-12)8-3-9(17)5-10(18)4-8/h3-5,11,14,21H,2,6-7H2,1H3,(H,19,23)/t11-,14?,16+/m0/s1. The van der Waals surface area contributed by atoms with Crippen molar-refractivity contribution < 1.29 is 18.6 Å². The highest BCUT2D eigenvalue weighted by Gasteiger charge is 2.63. The molecule has 3 atom stereocenters. The molecular weight excluding hydrogens is 322 g/mol. The van der Waals surface area contributed by atoms with E-state index >= 15 is 0 Å². The van der Waals surface area contributed by atoms with Crippen LogP contribution in [0.5, 0.6) is 0 Å². The van der Waals surface area contributed by atoms with E-state index in [1.165, 1.54) is 12.1 Å². The third-order valence-corrected chi connectivity index (χ3v) is 5.23. The molecule has 2 N–H and O–H groups in total. The number of halogens is 2. The van der Waals surface area contributed by atoms with Crippen LogP contribution in [0.15, 0.2) is 18.2 Å². The van der Waals surface area contributed by atoms with E-state index in [0.29, 0.717) is 29.2 Å². The predicted octanol–water partition coefficient (Wildman–Crippen LogP) is 3.29. The van der Waals surface area contributed by atoms with Crippen molar-refractivity contribution >= 4 is 12.2 Å². The van der Waals surface area contributed by atoms with Gasteiger partial charge in [-0.05, 0) is 43.3 Å². The van der Waals surface area contributed by atoms with Gasteiger partial charge in [0.05, 0.1) is 5.69 Å². The van der Waals surface area contributed by atoms with Gasteiger partial charge in [-0.2, -0.15) is 0 Å². The van der Waals surface area contributed by atoms with Crippen molar-refractivity contribution in [3.05, 3.63) is 51.6 Å². The summed E-state index contributed by atoms with van der Waals surface area (Å²) in [6.07, 6.45) is -0.285. The molecule has 4 nitrogen and oxygen atoms in total. The number of rotatable bonds is 4. The van der Waals surface area contributed by atoms with E-state index in [4.69, 9.17) is 17.0 Å². The smallest absolute Gasteiger partial charge is 0.198 e. The first-order valence-corrected chi connectivity index (χ1v) is 7.96. The molecule has 23 heavy (non-hydrogen) atoms. The van der Waals surface area contributed by atoms with Gasteiger partial charge in [-0.3, -0.25) is 0 Å². The van der Waals surface area contributed by atoms with Crippen molar-refractivity contribution in [2.45, 2.75) is 37.5 Å². The first-order valence-electron chi connectivity index (χ1n) is 7.55. The Morgan fingerprint density at radius 3 is 2.78 bits per heavy atom. The third kappa shape index (κ3) is 2.10. The van der Waals surface area contributed by atoms with Gasteiger partial charge in [-0.25, -0.2) is 8.78 Å². The van der Waals surface area contributed by atoms with Crippen molar-refractivity contribution in [3.63, 3.8) is 0 Å². The fourth-order valence-corrected chi connectivity index (χ4v) is 4.11. The molecule has 0 radical (unpaired) electrons. The molecule has 2 aromatic rings. The molecule has 0 spiro atoms. The molecule has 1 unspecified atom stereocenters. The SMILES string of the molecule is CCOC(O)c1[nH]c(=S)n2c1[C@@H]1C[C@]1(c1cc(F)cc(F)c1)C2. The molecule has 2 heterocycles. The summed E-state index contributed by atoms with van der Waals surface area (Å²) in [7, 11) is 0. The van der Waals surface area contributed by atoms with Crippen molar-refractivity contribution in [1.82, 2.24) is 9.55 Å². The number of nitrogens with one attached hydrogen (secondary N) is 1. The maximum Gasteiger partial charge on any atom is 0.198 e. The minimum absolute atomic E-state index is 0.0850. The molecule has 1 aromatic heterocycles. The highest BCUT2D eigenvalue weighted by molar-refractivity contribution is 7.71. The van der Waals surface area contributed by atoms with Gasteiger partial charge in [0.2, 0.25) is 0 Å². The van der Waals surface area contributed by atoms with Crippen LogP contribution in [0.3, 0.4) is 0 Å². The molecule has 4 rings (SSSR count). The number of aliphatic hydroxyl groups is 1. The molecule has 0 saturated heterocycles. The minimum Gasteiger partial charge on any atom is -0.363 e. The fraction of sp³-hybridized carbons (Fsp3) is 0.438. The van der Waals surface area contributed by atoms with Crippen LogP contribution in [-0.4, -0.2) is 21.3 Å². The highest BCUT2D eigenvalue weighted by atomic mass is 32.1. The molecular formula is C16H16F2N2O2S. The fourth-order valence-electron chi connectivity index (χ4n) is 3.84. The lowest BCUT2D eigenvalue weighted by molar-refractivity contribution is -0.101. The number of aliphatic hydroxyl groups excluding tert-OH is 1. The summed E-state index contributed by atoms with van der Waals surface area (Å²) in [6.45, 7) is 2.73. The maximum atomic E-state index is 13.6. The first-order chi connectivity index (χ1) is 11.0. The topological polar surface area (TPSA) is 50.2 Å². The zero-order valence-corrected chi connectivity index (χ0v) is 13.3. The van der Waals surface area contributed by atoms with Gasteiger partial charge in [-0.1, -0.05) is 0 Å². The van der Waals surface area contributed by atoms with Gasteiger partial charge in [0.25, 0.3) is 0 Å². The van der Waals surface area contributed by atoms with Gasteiger partial charge in [0.15, 0.2) is 11.1 Å². The number of fused-ring (bicyclic) bond motifs is 3. The van der Waals surface area contributed by atoms with Crippen LogP contribution < -0.4 is 0 Å². The molecule has 0 bridgehead atoms. The zero-order chi connectivity index (χ0) is 16.4. The number of hydrogen-bond donors (Lipinski definition) is 2. The lowest BCUT2D eigenvalue weighted by atomic mass is 9.94. The second-order valence-electron chi connectivity index (χ2n) is 6.19. The Kier molecular flexibility index (Phi) is 3.23. The Bertz CT molecular complexity index is 827. The molecule has 1 aromatic carbocycles. The van der Waals surface area contributed by atoms with Crippen molar-refractivity contribution in [2.75, 3.05) is 6.61 Å². The van der Waals surface area contributed by atoms with Crippen LogP contribution in [0.4, 0.5) is 8.78 Å². The largest absolute Gasteiger partial charge is 0.363 e. The summed E-state index contributed by atoms with van der Waals surface area (Å²) < 4.78 is 34.8. The van der Waals surface area contributed by atoms with Crippen molar-refractivity contribution in [3.8, 4) is 0 Å². The van der Waals surface area contributed by atoms with E-state index in [1.54, 1.807) is 6.92 Å². The Hall–Kier alpha value is -1.57. The molecule has 1 aliphatic carbocycles. The molecule has 1 aliphatic heterocycles. The van der Waals surface area contributed by atoms with Crippen LogP contribution in [0.25, 0.3) is 0 Å². The molecule has 2 aliphatic rings. The second kappa shape index (κ2) is 4.96. The van der Waals surface area contributed by atoms with Gasteiger partial charge in [0, 0.05) is 36.2 Å².